The first-order valence-corrected chi connectivity index (χ1v) is 8.36. The van der Waals surface area contributed by atoms with Crippen molar-refractivity contribution in [3.05, 3.63) is 17.0 Å². The second-order valence-electron chi connectivity index (χ2n) is 5.67. The van der Waals surface area contributed by atoms with Crippen LogP contribution in [0.4, 0.5) is 0 Å². The van der Waals surface area contributed by atoms with Crippen LogP contribution >= 0.6 is 36.6 Å². The topological polar surface area (TPSA) is 50.2 Å². The van der Waals surface area contributed by atoms with Crippen LogP contribution in [0.3, 0.4) is 0 Å². The van der Waals surface area contributed by atoms with E-state index in [1.807, 2.05) is 18.7 Å². The molecule has 8 heteroatoms. The Morgan fingerprint density at radius 1 is 1.36 bits per heavy atom. The van der Waals surface area contributed by atoms with Gasteiger partial charge in [0.2, 0.25) is 5.91 Å². The molecule has 2 aliphatic heterocycles. The third-order valence-electron chi connectivity index (χ3n) is 4.45. The molecule has 1 aromatic heterocycles. The Labute approximate surface area is 148 Å². The summed E-state index contributed by atoms with van der Waals surface area (Å²) in [7, 11) is 1.97. The zero-order valence-corrected chi connectivity index (χ0v) is 15.6. The van der Waals surface area contributed by atoms with Crippen molar-refractivity contribution in [2.75, 3.05) is 18.2 Å². The maximum atomic E-state index is 12.7. The van der Waals surface area contributed by atoms with Crippen molar-refractivity contribution in [3.8, 4) is 0 Å². The van der Waals surface area contributed by atoms with E-state index >= 15 is 0 Å². The number of amides is 1. The summed E-state index contributed by atoms with van der Waals surface area (Å²) in [4.78, 5) is 14.8. The number of hydrogen-bond acceptors (Lipinski definition) is 4. The van der Waals surface area contributed by atoms with E-state index in [4.69, 9.17) is 0 Å². The highest BCUT2D eigenvalue weighted by Gasteiger charge is 2.37. The molecule has 0 saturated carbocycles. The van der Waals surface area contributed by atoms with Crippen LogP contribution in [0, 0.1) is 13.8 Å². The predicted octanol–water partition coefficient (Wildman–Crippen LogP) is 2.21. The summed E-state index contributed by atoms with van der Waals surface area (Å²) in [6.45, 7) is 5.02. The average Bonchev–Trinajstić information content (AvgIpc) is 3.12. The van der Waals surface area contributed by atoms with Gasteiger partial charge in [-0.2, -0.15) is 5.10 Å². The van der Waals surface area contributed by atoms with Crippen molar-refractivity contribution >= 4 is 42.5 Å². The standard InChI is InChI=1S/C14H22N4OS.2ClH/c1-9-13(10(2)17(3)16-9)12-5-4-6-18(12)14(19)11-7-20-8-15-11;;/h11-12,15H,4-8H2,1-3H3;2*1H. The molecule has 1 N–H and O–H groups in total. The first kappa shape index (κ1) is 19.6. The fourth-order valence-corrected chi connectivity index (χ4v) is 4.29. The smallest absolute Gasteiger partial charge is 0.241 e. The lowest BCUT2D eigenvalue weighted by molar-refractivity contribution is -0.133. The summed E-state index contributed by atoms with van der Waals surface area (Å²) < 4.78 is 1.93. The van der Waals surface area contributed by atoms with Gasteiger partial charge in [0.15, 0.2) is 0 Å². The van der Waals surface area contributed by atoms with Crippen LogP contribution in [0.2, 0.25) is 0 Å². The van der Waals surface area contributed by atoms with Gasteiger partial charge < -0.3 is 4.90 Å². The van der Waals surface area contributed by atoms with Gasteiger partial charge in [-0.25, -0.2) is 0 Å². The lowest BCUT2D eigenvalue weighted by Crippen LogP contribution is -2.44. The van der Waals surface area contributed by atoms with Crippen LogP contribution in [-0.2, 0) is 11.8 Å². The molecule has 2 saturated heterocycles. The van der Waals surface area contributed by atoms with Gasteiger partial charge in [0.25, 0.3) is 0 Å². The molecule has 3 rings (SSSR count). The lowest BCUT2D eigenvalue weighted by Gasteiger charge is -2.27. The van der Waals surface area contributed by atoms with Gasteiger partial charge >= 0.3 is 0 Å². The normalized spacial score (nSPS) is 24.0. The second-order valence-corrected chi connectivity index (χ2v) is 6.70. The lowest BCUT2D eigenvalue weighted by atomic mass is 10.0. The number of carbonyl (C=O) groups excluding carboxylic acids is 1. The Hall–Kier alpha value is -0.430. The minimum Gasteiger partial charge on any atom is -0.334 e. The highest BCUT2D eigenvalue weighted by atomic mass is 35.5. The first-order valence-electron chi connectivity index (χ1n) is 7.21. The molecule has 2 atom stereocenters. The summed E-state index contributed by atoms with van der Waals surface area (Å²) in [5.41, 5.74) is 3.49. The number of likely N-dealkylation sites (tertiary alicyclic amines) is 1. The van der Waals surface area contributed by atoms with E-state index in [9.17, 15) is 4.79 Å². The number of halogens is 2. The fourth-order valence-electron chi connectivity index (χ4n) is 3.36. The van der Waals surface area contributed by atoms with E-state index < -0.39 is 0 Å². The highest BCUT2D eigenvalue weighted by Crippen LogP contribution is 2.36. The zero-order valence-electron chi connectivity index (χ0n) is 13.2. The van der Waals surface area contributed by atoms with Crippen molar-refractivity contribution in [2.24, 2.45) is 7.05 Å². The van der Waals surface area contributed by atoms with E-state index in [1.54, 1.807) is 11.8 Å². The summed E-state index contributed by atoms with van der Waals surface area (Å²) in [5.74, 6) is 2.05. The van der Waals surface area contributed by atoms with Crippen molar-refractivity contribution < 1.29 is 4.79 Å². The van der Waals surface area contributed by atoms with E-state index in [-0.39, 0.29) is 42.8 Å². The summed E-state index contributed by atoms with van der Waals surface area (Å²) in [5, 5.41) is 7.80. The van der Waals surface area contributed by atoms with Gasteiger partial charge in [0.1, 0.15) is 0 Å². The van der Waals surface area contributed by atoms with E-state index in [0.717, 1.165) is 36.7 Å². The number of aromatic nitrogens is 2. The Morgan fingerprint density at radius 2 is 2.09 bits per heavy atom. The highest BCUT2D eigenvalue weighted by molar-refractivity contribution is 7.99. The molecule has 1 amide bonds. The Morgan fingerprint density at radius 3 is 2.64 bits per heavy atom. The van der Waals surface area contributed by atoms with Gasteiger partial charge in [0.05, 0.1) is 17.8 Å². The number of nitrogens with zero attached hydrogens (tertiary/aromatic N) is 3. The maximum absolute atomic E-state index is 12.7. The molecule has 0 aliphatic carbocycles. The molecule has 0 spiro atoms. The number of thioether (sulfide) groups is 1. The molecule has 2 fully saturated rings. The van der Waals surface area contributed by atoms with Gasteiger partial charge in [-0.05, 0) is 26.7 Å². The number of hydrogen-bond donors (Lipinski definition) is 1. The average molecular weight is 367 g/mol. The van der Waals surface area contributed by atoms with Crippen LogP contribution in [0.5, 0.6) is 0 Å². The van der Waals surface area contributed by atoms with Crippen LogP contribution in [0.25, 0.3) is 0 Å². The van der Waals surface area contributed by atoms with Crippen molar-refractivity contribution in [3.63, 3.8) is 0 Å². The van der Waals surface area contributed by atoms with Crippen molar-refractivity contribution in [2.45, 2.75) is 38.8 Å². The molecule has 0 aromatic carbocycles. The Bertz CT molecular complexity index is 531. The minimum absolute atomic E-state index is 0. The second kappa shape index (κ2) is 7.90. The molecule has 126 valence electrons. The third kappa shape index (κ3) is 3.40. The molecule has 2 aliphatic rings. The molecule has 5 nitrogen and oxygen atoms in total. The molecule has 3 heterocycles. The molecular formula is C14H24Cl2N4OS. The SMILES string of the molecule is Cc1nn(C)c(C)c1C1CCCN1C(=O)C1CSCN1.Cl.Cl. The van der Waals surface area contributed by atoms with Crippen molar-refractivity contribution in [1.29, 1.82) is 0 Å². The molecule has 22 heavy (non-hydrogen) atoms. The molecule has 0 radical (unpaired) electrons. The van der Waals surface area contributed by atoms with E-state index in [1.165, 1.54) is 11.3 Å². The maximum Gasteiger partial charge on any atom is 0.241 e. The van der Waals surface area contributed by atoms with E-state index in [0.29, 0.717) is 0 Å². The first-order chi connectivity index (χ1) is 9.59. The van der Waals surface area contributed by atoms with Crippen LogP contribution in [-0.4, -0.2) is 44.8 Å². The fraction of sp³-hybridized carbons (Fsp3) is 0.714. The van der Waals surface area contributed by atoms with Gasteiger partial charge in [-0.15, -0.1) is 36.6 Å². The summed E-state index contributed by atoms with van der Waals surface area (Å²) in [6, 6.07) is 0.210. The number of nitrogens with one attached hydrogen (secondary N) is 1. The van der Waals surface area contributed by atoms with Gasteiger partial charge in [-0.1, -0.05) is 0 Å². The molecule has 1 aromatic rings. The molecular weight excluding hydrogens is 343 g/mol. The Kier molecular flexibility index (Phi) is 7.05. The monoisotopic (exact) mass is 366 g/mol. The third-order valence-corrected chi connectivity index (χ3v) is 5.39. The molecule has 2 unspecified atom stereocenters. The van der Waals surface area contributed by atoms with Crippen molar-refractivity contribution in [1.82, 2.24) is 20.0 Å². The van der Waals surface area contributed by atoms with E-state index in [2.05, 4.69) is 22.2 Å². The predicted molar refractivity (Wildman–Crippen MR) is 95.1 cm³/mol. The van der Waals surface area contributed by atoms with Crippen LogP contribution in [0.15, 0.2) is 0 Å². The molecule has 0 bridgehead atoms. The van der Waals surface area contributed by atoms with Gasteiger partial charge in [-0.3, -0.25) is 14.8 Å². The largest absolute Gasteiger partial charge is 0.334 e. The summed E-state index contributed by atoms with van der Waals surface area (Å²) in [6.07, 6.45) is 2.14. The number of rotatable bonds is 2. The Balaban J connectivity index is 0.00000121. The quantitative estimate of drug-likeness (QED) is 0.871. The van der Waals surface area contributed by atoms with Crippen LogP contribution < -0.4 is 5.32 Å². The summed E-state index contributed by atoms with van der Waals surface area (Å²) >= 11 is 1.80. The number of carbonyl (C=O) groups is 1. The zero-order chi connectivity index (χ0) is 14.3. The van der Waals surface area contributed by atoms with Crippen LogP contribution in [0.1, 0.15) is 35.8 Å². The number of aryl methyl sites for hydroxylation is 2. The van der Waals surface area contributed by atoms with Gasteiger partial charge in [0, 0.05) is 36.5 Å². The minimum atomic E-state index is -0.00196.